The van der Waals surface area contributed by atoms with E-state index < -0.39 is 22.5 Å². The first-order chi connectivity index (χ1) is 18.5. The fraction of sp³-hybridized carbons (Fsp3) is 0.226. The highest BCUT2D eigenvalue weighted by atomic mass is 32.2. The molecule has 3 aromatic carbocycles. The van der Waals surface area contributed by atoms with Gasteiger partial charge in [-0.1, -0.05) is 42.5 Å². The summed E-state index contributed by atoms with van der Waals surface area (Å²) in [6, 6.07) is 21.7. The van der Waals surface area contributed by atoms with Gasteiger partial charge in [-0.2, -0.15) is 5.10 Å². The molecule has 1 aromatic heterocycles. The highest BCUT2D eigenvalue weighted by Crippen LogP contribution is 2.27. The molecule has 0 aliphatic carbocycles. The summed E-state index contributed by atoms with van der Waals surface area (Å²) in [7, 11) is -3.99. The van der Waals surface area contributed by atoms with E-state index in [-0.39, 0.29) is 4.90 Å². The van der Waals surface area contributed by atoms with E-state index in [2.05, 4.69) is 41.1 Å². The summed E-state index contributed by atoms with van der Waals surface area (Å²) in [6.45, 7) is 11.7. The lowest BCUT2D eigenvalue weighted by Crippen LogP contribution is -2.39. The smallest absolute Gasteiger partial charge is 0.264 e. The number of nitrogens with one attached hydrogen (secondary N) is 1. The Kier molecular flexibility index (Phi) is 8.06. The van der Waals surface area contributed by atoms with E-state index in [1.54, 1.807) is 36.5 Å². The highest BCUT2D eigenvalue weighted by Gasteiger charge is 2.27. The summed E-state index contributed by atoms with van der Waals surface area (Å²) in [6.07, 6.45) is 1.59. The molecule has 0 radical (unpaired) electrons. The van der Waals surface area contributed by atoms with Crippen molar-refractivity contribution >= 4 is 27.8 Å². The Bertz CT molecular complexity index is 1630. The molecule has 7 nitrogen and oxygen atoms in total. The molecule has 1 heterocycles. The number of carbonyl (C=O) groups excluding carboxylic acids is 1. The maximum atomic E-state index is 13.5. The predicted octanol–water partition coefficient (Wildman–Crippen LogP) is 5.67. The van der Waals surface area contributed by atoms with Crippen molar-refractivity contribution in [3.63, 3.8) is 0 Å². The number of hydrogen-bond donors (Lipinski definition) is 1. The van der Waals surface area contributed by atoms with Gasteiger partial charge >= 0.3 is 0 Å². The van der Waals surface area contributed by atoms with Gasteiger partial charge in [0.05, 0.1) is 22.5 Å². The Morgan fingerprint density at radius 3 is 2.15 bits per heavy atom. The number of benzene rings is 3. The molecular weight excluding hydrogens is 508 g/mol. The predicted molar refractivity (Wildman–Crippen MR) is 157 cm³/mol. The average Bonchev–Trinajstić information content (AvgIpc) is 3.17. The summed E-state index contributed by atoms with van der Waals surface area (Å²) >= 11 is 0. The largest absolute Gasteiger partial charge is 0.317 e. The number of amides is 1. The Morgan fingerprint density at radius 1 is 0.846 bits per heavy atom. The van der Waals surface area contributed by atoms with Gasteiger partial charge in [0.1, 0.15) is 6.54 Å². The molecule has 202 valence electrons. The van der Waals surface area contributed by atoms with Crippen molar-refractivity contribution in [1.29, 1.82) is 0 Å². The van der Waals surface area contributed by atoms with E-state index in [9.17, 15) is 13.2 Å². The van der Waals surface area contributed by atoms with Crippen molar-refractivity contribution in [2.75, 3.05) is 10.8 Å². The van der Waals surface area contributed by atoms with Crippen LogP contribution in [0.2, 0.25) is 0 Å². The Morgan fingerprint density at radius 2 is 1.51 bits per heavy atom. The van der Waals surface area contributed by atoms with E-state index in [4.69, 9.17) is 0 Å². The molecule has 4 aromatic rings. The zero-order valence-corrected chi connectivity index (χ0v) is 24.0. The van der Waals surface area contributed by atoms with Gasteiger partial charge in [0.25, 0.3) is 15.9 Å². The lowest BCUT2D eigenvalue weighted by atomic mass is 10.1. The molecule has 4 rings (SSSR count). The molecule has 0 unspecified atom stereocenters. The molecule has 0 atom stereocenters. The second kappa shape index (κ2) is 11.3. The lowest BCUT2D eigenvalue weighted by molar-refractivity contribution is -0.119. The number of hydrogen-bond acceptors (Lipinski definition) is 4. The zero-order chi connectivity index (χ0) is 28.3. The van der Waals surface area contributed by atoms with Gasteiger partial charge in [0, 0.05) is 17.0 Å². The van der Waals surface area contributed by atoms with Crippen molar-refractivity contribution in [3.8, 4) is 5.69 Å². The maximum Gasteiger partial charge on any atom is 0.264 e. The first kappa shape index (κ1) is 27.9. The average molecular weight is 543 g/mol. The quantitative estimate of drug-likeness (QED) is 0.230. The number of hydrazone groups is 1. The van der Waals surface area contributed by atoms with E-state index in [0.29, 0.717) is 5.69 Å². The Hall–Kier alpha value is -4.17. The minimum atomic E-state index is -3.99. The standard InChI is InChI=1S/C31H34N4O3S/c1-21-15-16-28(17-24(21)4)34(39(37,38)29-13-8-7-9-14-29)20-30(36)33-32-19-27-18-25(5)35(26(27)6)31-22(2)11-10-12-23(31)3/h7-19H,20H2,1-6H3,(H,33,36)/b32-19-. The topological polar surface area (TPSA) is 83.8 Å². The van der Waals surface area contributed by atoms with Crippen molar-refractivity contribution < 1.29 is 13.2 Å². The monoisotopic (exact) mass is 542 g/mol. The van der Waals surface area contributed by atoms with Crippen LogP contribution in [0.25, 0.3) is 5.69 Å². The summed E-state index contributed by atoms with van der Waals surface area (Å²) in [5.74, 6) is -0.549. The zero-order valence-electron chi connectivity index (χ0n) is 23.2. The highest BCUT2D eigenvalue weighted by molar-refractivity contribution is 7.92. The number of anilines is 1. The number of nitrogens with zero attached hydrogens (tertiary/aromatic N) is 3. The third kappa shape index (κ3) is 5.81. The number of carbonyl (C=O) groups is 1. The normalized spacial score (nSPS) is 11.6. The SMILES string of the molecule is Cc1ccc(N(CC(=O)N/N=C\c2cc(C)n(-c3c(C)cccc3C)c2C)S(=O)(=O)c2ccccc2)cc1C. The molecule has 39 heavy (non-hydrogen) atoms. The van der Waals surface area contributed by atoms with E-state index in [0.717, 1.165) is 38.1 Å². The molecule has 0 spiro atoms. The van der Waals surface area contributed by atoms with Crippen LogP contribution in [-0.2, 0) is 14.8 Å². The van der Waals surface area contributed by atoms with E-state index in [1.165, 1.54) is 23.3 Å². The Balaban J connectivity index is 1.58. The molecule has 0 aliphatic rings. The van der Waals surface area contributed by atoms with Crippen LogP contribution >= 0.6 is 0 Å². The minimum Gasteiger partial charge on any atom is -0.317 e. The van der Waals surface area contributed by atoms with Gasteiger partial charge in [0.15, 0.2) is 0 Å². The van der Waals surface area contributed by atoms with Crippen LogP contribution in [0.15, 0.2) is 82.8 Å². The summed E-state index contributed by atoms with van der Waals surface area (Å²) in [5, 5.41) is 4.17. The molecule has 0 bridgehead atoms. The Labute approximate surface area is 230 Å². The molecule has 0 saturated carbocycles. The maximum absolute atomic E-state index is 13.5. The summed E-state index contributed by atoms with van der Waals surface area (Å²) in [5.41, 5.74) is 11.3. The third-order valence-electron chi connectivity index (χ3n) is 6.92. The number of sulfonamides is 1. The summed E-state index contributed by atoms with van der Waals surface area (Å²) < 4.78 is 30.4. The fourth-order valence-electron chi connectivity index (χ4n) is 4.68. The minimum absolute atomic E-state index is 0.110. The van der Waals surface area contributed by atoms with E-state index >= 15 is 0 Å². The van der Waals surface area contributed by atoms with Crippen LogP contribution in [0, 0.1) is 41.5 Å². The van der Waals surface area contributed by atoms with Gasteiger partial charge in [-0.3, -0.25) is 9.10 Å². The molecule has 0 fully saturated rings. The first-order valence-corrected chi connectivity index (χ1v) is 14.2. The second-order valence-corrected chi connectivity index (χ2v) is 11.7. The van der Waals surface area contributed by atoms with Crippen molar-refractivity contribution in [2.45, 2.75) is 46.4 Å². The van der Waals surface area contributed by atoms with Gasteiger partial charge in [-0.15, -0.1) is 0 Å². The molecule has 1 amide bonds. The van der Waals surface area contributed by atoms with E-state index in [1.807, 2.05) is 45.9 Å². The van der Waals surface area contributed by atoms with Crippen LogP contribution in [0.3, 0.4) is 0 Å². The number of rotatable bonds is 8. The lowest BCUT2D eigenvalue weighted by Gasteiger charge is -2.24. The molecule has 0 aliphatic heterocycles. The van der Waals surface area contributed by atoms with Crippen molar-refractivity contribution in [1.82, 2.24) is 9.99 Å². The van der Waals surface area contributed by atoms with Crippen LogP contribution in [0.4, 0.5) is 5.69 Å². The number of aromatic nitrogens is 1. The van der Waals surface area contributed by atoms with Crippen LogP contribution < -0.4 is 9.73 Å². The molecular formula is C31H34N4O3S. The molecule has 0 saturated heterocycles. The van der Waals surface area contributed by atoms with Crippen LogP contribution in [0.5, 0.6) is 0 Å². The van der Waals surface area contributed by atoms with Gasteiger partial charge < -0.3 is 4.57 Å². The van der Waals surface area contributed by atoms with Gasteiger partial charge in [-0.05, 0) is 94.1 Å². The second-order valence-electron chi connectivity index (χ2n) is 9.79. The molecule has 1 N–H and O–H groups in total. The summed E-state index contributed by atoms with van der Waals surface area (Å²) in [4.78, 5) is 13.1. The number of aryl methyl sites for hydroxylation is 5. The van der Waals surface area contributed by atoms with Crippen LogP contribution in [-0.4, -0.2) is 31.7 Å². The van der Waals surface area contributed by atoms with Crippen LogP contribution in [0.1, 0.15) is 39.2 Å². The third-order valence-corrected chi connectivity index (χ3v) is 8.71. The first-order valence-electron chi connectivity index (χ1n) is 12.7. The number of para-hydroxylation sites is 1. The van der Waals surface area contributed by atoms with Crippen molar-refractivity contribution in [3.05, 3.63) is 112 Å². The van der Waals surface area contributed by atoms with Crippen molar-refractivity contribution in [2.24, 2.45) is 5.10 Å². The fourth-order valence-corrected chi connectivity index (χ4v) is 6.11. The van der Waals surface area contributed by atoms with Gasteiger partial charge in [-0.25, -0.2) is 13.8 Å². The van der Waals surface area contributed by atoms with Gasteiger partial charge in [0.2, 0.25) is 0 Å². The molecule has 8 heteroatoms.